The van der Waals surface area contributed by atoms with Crippen LogP contribution in [0, 0.1) is 25.2 Å². The number of terminal acetylenes is 1. The third-order valence-electron chi connectivity index (χ3n) is 3.25. The predicted octanol–water partition coefficient (Wildman–Crippen LogP) is 2.41. The minimum absolute atomic E-state index is 0.144. The number of hydrogen-bond acceptors (Lipinski definition) is 1. The van der Waals surface area contributed by atoms with Crippen molar-refractivity contribution in [2.45, 2.75) is 26.2 Å². The Kier molecular flexibility index (Phi) is 4.04. The number of amides is 1. The van der Waals surface area contributed by atoms with Crippen LogP contribution in [0.3, 0.4) is 0 Å². The third-order valence-corrected chi connectivity index (χ3v) is 3.25. The molecule has 0 aliphatic heterocycles. The quantitative estimate of drug-likeness (QED) is 0.725. The molecular formula is C16H19NO. The van der Waals surface area contributed by atoms with Crippen molar-refractivity contribution < 1.29 is 4.79 Å². The van der Waals surface area contributed by atoms with Gasteiger partial charge in [0.15, 0.2) is 0 Å². The second-order valence-corrected chi connectivity index (χ2v) is 5.09. The van der Waals surface area contributed by atoms with Crippen LogP contribution in [0.5, 0.6) is 0 Å². The lowest BCUT2D eigenvalue weighted by atomic mass is 10.1. The molecule has 1 aromatic carbocycles. The molecule has 0 N–H and O–H groups in total. The zero-order valence-electron chi connectivity index (χ0n) is 10.9. The molecule has 1 aliphatic carbocycles. The summed E-state index contributed by atoms with van der Waals surface area (Å²) < 4.78 is 0. The first-order valence-corrected chi connectivity index (χ1v) is 6.46. The van der Waals surface area contributed by atoms with E-state index in [1.54, 1.807) is 0 Å². The maximum atomic E-state index is 12.2. The van der Waals surface area contributed by atoms with Crippen molar-refractivity contribution in [3.63, 3.8) is 0 Å². The van der Waals surface area contributed by atoms with Gasteiger partial charge in [-0.25, -0.2) is 0 Å². The van der Waals surface area contributed by atoms with E-state index < -0.39 is 0 Å². The maximum Gasteiger partial charge on any atom is 0.227 e. The molecule has 0 atom stereocenters. The molecule has 1 fully saturated rings. The minimum atomic E-state index is 0.144. The van der Waals surface area contributed by atoms with Gasteiger partial charge >= 0.3 is 0 Å². The van der Waals surface area contributed by atoms with E-state index in [0.717, 1.165) is 12.1 Å². The molecule has 1 amide bonds. The van der Waals surface area contributed by atoms with Gasteiger partial charge in [-0.1, -0.05) is 35.7 Å². The Morgan fingerprint density at radius 1 is 1.50 bits per heavy atom. The van der Waals surface area contributed by atoms with Gasteiger partial charge in [0.05, 0.1) is 13.0 Å². The molecule has 1 aromatic rings. The van der Waals surface area contributed by atoms with Crippen molar-refractivity contribution >= 4 is 5.91 Å². The topological polar surface area (TPSA) is 20.3 Å². The molecule has 0 unspecified atom stereocenters. The number of carbonyl (C=O) groups excluding carboxylic acids is 1. The SMILES string of the molecule is C#CCN(CC1CC1)C(=O)Cc1cccc(C)c1. The first-order valence-electron chi connectivity index (χ1n) is 6.46. The normalized spacial score (nSPS) is 14.0. The van der Waals surface area contributed by atoms with Crippen molar-refractivity contribution in [3.8, 4) is 12.3 Å². The van der Waals surface area contributed by atoms with Crippen molar-refractivity contribution in [2.24, 2.45) is 5.92 Å². The lowest BCUT2D eigenvalue weighted by Gasteiger charge is -2.20. The highest BCUT2D eigenvalue weighted by Gasteiger charge is 2.26. The molecule has 0 radical (unpaired) electrons. The summed E-state index contributed by atoms with van der Waals surface area (Å²) in [6, 6.07) is 8.08. The number of rotatable bonds is 5. The number of aryl methyl sites for hydroxylation is 1. The second-order valence-electron chi connectivity index (χ2n) is 5.09. The molecule has 1 saturated carbocycles. The van der Waals surface area contributed by atoms with Crippen LogP contribution < -0.4 is 0 Å². The van der Waals surface area contributed by atoms with Crippen LogP contribution >= 0.6 is 0 Å². The van der Waals surface area contributed by atoms with Crippen LogP contribution in [0.25, 0.3) is 0 Å². The summed E-state index contributed by atoms with van der Waals surface area (Å²) in [5.41, 5.74) is 2.25. The highest BCUT2D eigenvalue weighted by atomic mass is 16.2. The summed E-state index contributed by atoms with van der Waals surface area (Å²) in [7, 11) is 0. The molecular weight excluding hydrogens is 222 g/mol. The van der Waals surface area contributed by atoms with Crippen LogP contribution in [0.1, 0.15) is 24.0 Å². The molecule has 2 nitrogen and oxygen atoms in total. The number of nitrogens with zero attached hydrogens (tertiary/aromatic N) is 1. The standard InChI is InChI=1S/C16H19NO/c1-3-9-17(12-14-7-8-14)16(18)11-15-6-4-5-13(2)10-15/h1,4-6,10,14H,7-9,11-12H2,2H3. The summed E-state index contributed by atoms with van der Waals surface area (Å²) in [6.07, 6.45) is 8.26. The Morgan fingerprint density at radius 2 is 2.28 bits per heavy atom. The predicted molar refractivity (Wildman–Crippen MR) is 73.0 cm³/mol. The molecule has 0 spiro atoms. The Morgan fingerprint density at radius 3 is 2.89 bits per heavy atom. The smallest absolute Gasteiger partial charge is 0.227 e. The fourth-order valence-electron chi connectivity index (χ4n) is 2.09. The first-order chi connectivity index (χ1) is 8.69. The van der Waals surface area contributed by atoms with Gasteiger partial charge in [-0.05, 0) is 31.2 Å². The summed E-state index contributed by atoms with van der Waals surface area (Å²) >= 11 is 0. The van der Waals surface area contributed by atoms with E-state index in [2.05, 4.69) is 12.0 Å². The van der Waals surface area contributed by atoms with Gasteiger partial charge < -0.3 is 4.90 Å². The molecule has 1 aliphatic rings. The fraction of sp³-hybridized carbons (Fsp3) is 0.438. The highest BCUT2D eigenvalue weighted by Crippen LogP contribution is 2.29. The zero-order chi connectivity index (χ0) is 13.0. The molecule has 2 heteroatoms. The molecule has 18 heavy (non-hydrogen) atoms. The van der Waals surface area contributed by atoms with Gasteiger partial charge in [-0.3, -0.25) is 4.79 Å². The fourth-order valence-corrected chi connectivity index (χ4v) is 2.09. The van der Waals surface area contributed by atoms with Crippen LogP contribution in [0.2, 0.25) is 0 Å². The van der Waals surface area contributed by atoms with Gasteiger partial charge in [-0.15, -0.1) is 6.42 Å². The lowest BCUT2D eigenvalue weighted by molar-refractivity contribution is -0.130. The third kappa shape index (κ3) is 3.63. The number of benzene rings is 1. The van der Waals surface area contributed by atoms with Crippen LogP contribution in [-0.2, 0) is 11.2 Å². The van der Waals surface area contributed by atoms with Crippen molar-refractivity contribution in [1.29, 1.82) is 0 Å². The Labute approximate surface area is 109 Å². The summed E-state index contributed by atoms with van der Waals surface area (Å²) in [5.74, 6) is 3.41. The molecule has 0 saturated heterocycles. The number of hydrogen-bond donors (Lipinski definition) is 0. The van der Waals surface area contributed by atoms with Crippen LogP contribution in [0.4, 0.5) is 0 Å². The van der Waals surface area contributed by atoms with Gasteiger partial charge in [0.2, 0.25) is 5.91 Å². The van der Waals surface area contributed by atoms with E-state index in [4.69, 9.17) is 6.42 Å². The van der Waals surface area contributed by atoms with Crippen LogP contribution in [-0.4, -0.2) is 23.9 Å². The minimum Gasteiger partial charge on any atom is -0.331 e. The summed E-state index contributed by atoms with van der Waals surface area (Å²) in [5, 5.41) is 0. The second kappa shape index (κ2) is 5.73. The van der Waals surface area contributed by atoms with E-state index in [-0.39, 0.29) is 5.91 Å². The molecule has 0 aromatic heterocycles. The maximum absolute atomic E-state index is 12.2. The van der Waals surface area contributed by atoms with Gasteiger partial charge in [0, 0.05) is 6.54 Å². The van der Waals surface area contributed by atoms with Crippen molar-refractivity contribution in [3.05, 3.63) is 35.4 Å². The zero-order valence-corrected chi connectivity index (χ0v) is 10.9. The highest BCUT2D eigenvalue weighted by molar-refractivity contribution is 5.79. The Balaban J connectivity index is 1.97. The monoisotopic (exact) mass is 241 g/mol. The lowest BCUT2D eigenvalue weighted by Crippen LogP contribution is -2.34. The Hall–Kier alpha value is -1.75. The first kappa shape index (κ1) is 12.7. The van der Waals surface area contributed by atoms with E-state index in [9.17, 15) is 4.79 Å². The molecule has 0 heterocycles. The van der Waals surface area contributed by atoms with E-state index in [1.165, 1.54) is 18.4 Å². The molecule has 94 valence electrons. The van der Waals surface area contributed by atoms with Crippen molar-refractivity contribution in [2.75, 3.05) is 13.1 Å². The van der Waals surface area contributed by atoms with Gasteiger partial charge in [0.25, 0.3) is 0 Å². The number of carbonyl (C=O) groups is 1. The van der Waals surface area contributed by atoms with Gasteiger partial charge in [0.1, 0.15) is 0 Å². The van der Waals surface area contributed by atoms with Crippen molar-refractivity contribution in [1.82, 2.24) is 4.90 Å². The Bertz CT molecular complexity index is 468. The van der Waals surface area contributed by atoms with E-state index >= 15 is 0 Å². The summed E-state index contributed by atoms with van der Waals surface area (Å²) in [4.78, 5) is 14.0. The molecule has 2 rings (SSSR count). The van der Waals surface area contributed by atoms with E-state index in [0.29, 0.717) is 18.9 Å². The van der Waals surface area contributed by atoms with Gasteiger partial charge in [-0.2, -0.15) is 0 Å². The van der Waals surface area contributed by atoms with E-state index in [1.807, 2.05) is 30.0 Å². The largest absolute Gasteiger partial charge is 0.331 e. The van der Waals surface area contributed by atoms with Crippen LogP contribution in [0.15, 0.2) is 24.3 Å². The average Bonchev–Trinajstić information content (AvgIpc) is 3.12. The molecule has 0 bridgehead atoms. The average molecular weight is 241 g/mol. The summed E-state index contributed by atoms with van der Waals surface area (Å²) in [6.45, 7) is 3.30.